The molecule has 0 aliphatic carbocycles. The lowest BCUT2D eigenvalue weighted by molar-refractivity contribution is 0.251. The Morgan fingerprint density at radius 3 is 2.25 bits per heavy atom. The second kappa shape index (κ2) is 3.10. The predicted molar refractivity (Wildman–Crippen MR) is 55.8 cm³/mol. The Morgan fingerprint density at radius 1 is 1.25 bits per heavy atom. The van der Waals surface area contributed by atoms with Gasteiger partial charge >= 0.3 is 8.56 Å². The third kappa shape index (κ3) is 2.07. The number of hydrogen-bond acceptors (Lipinski definition) is 2. The van der Waals surface area contributed by atoms with Gasteiger partial charge in [0.15, 0.2) is 0 Å². The fraction of sp³-hybridized carbons (Fsp3) is 0.750. The molecular weight excluding hydrogens is 184 g/mol. The lowest BCUT2D eigenvalue weighted by atomic mass is 10.5. The summed E-state index contributed by atoms with van der Waals surface area (Å²) in [6.45, 7) is 11.6. The van der Waals surface area contributed by atoms with E-state index in [1.807, 2.05) is 0 Å². The summed E-state index contributed by atoms with van der Waals surface area (Å²) in [6.07, 6.45) is 2.15. The Balaban J connectivity index is 2.81. The van der Waals surface area contributed by atoms with E-state index in [4.69, 9.17) is 8.54 Å². The Hall–Kier alpha value is 0.0938. The first-order chi connectivity index (χ1) is 5.37. The molecule has 1 heterocycles. The van der Waals surface area contributed by atoms with E-state index in [1.54, 1.807) is 0 Å². The van der Waals surface area contributed by atoms with Crippen LogP contribution in [0.3, 0.4) is 0 Å². The predicted octanol–water partition coefficient (Wildman–Crippen LogP) is 2.43. The normalized spacial score (nSPS) is 30.6. The highest BCUT2D eigenvalue weighted by Crippen LogP contribution is 2.28. The Bertz CT molecular complexity index is 209. The Morgan fingerprint density at radius 2 is 1.83 bits per heavy atom. The fourth-order valence-corrected chi connectivity index (χ4v) is 9.00. The van der Waals surface area contributed by atoms with Crippen LogP contribution in [0.1, 0.15) is 6.92 Å². The highest BCUT2D eigenvalue weighted by atomic mass is 28.4. The summed E-state index contributed by atoms with van der Waals surface area (Å²) >= 11 is 0. The van der Waals surface area contributed by atoms with Gasteiger partial charge in [0.25, 0.3) is 0 Å². The second-order valence-electron chi connectivity index (χ2n) is 4.11. The van der Waals surface area contributed by atoms with Gasteiger partial charge in [-0.25, -0.2) is 0 Å². The first-order valence-corrected chi connectivity index (χ1v) is 10.1. The maximum absolute atomic E-state index is 6.05. The topological polar surface area (TPSA) is 18.5 Å². The minimum Gasteiger partial charge on any atom is -0.432 e. The summed E-state index contributed by atoms with van der Waals surface area (Å²) in [7, 11) is -3.32. The van der Waals surface area contributed by atoms with Crippen molar-refractivity contribution < 1.29 is 8.54 Å². The van der Waals surface area contributed by atoms with Gasteiger partial charge < -0.3 is 8.54 Å². The van der Waals surface area contributed by atoms with Gasteiger partial charge in [-0.3, -0.25) is 0 Å². The Labute approximate surface area is 77.0 Å². The van der Waals surface area contributed by atoms with Crippen LogP contribution in [0.4, 0.5) is 0 Å². The summed E-state index contributed by atoms with van der Waals surface area (Å²) in [5.74, 6) is 0. The van der Waals surface area contributed by atoms with Crippen LogP contribution in [0.2, 0.25) is 26.2 Å². The van der Waals surface area contributed by atoms with Crippen LogP contribution in [0.15, 0.2) is 11.3 Å². The SMILES string of the molecule is C/C=C1/CO[Si](C)(C)O[Si]1(C)C. The van der Waals surface area contributed by atoms with Crippen LogP contribution in [0, 0.1) is 0 Å². The maximum atomic E-state index is 6.05. The molecule has 4 heteroatoms. The standard InChI is InChI=1S/C8H18O2Si2/c1-6-8-7-9-12(4,5)10-11(8,2)3/h6H,7H2,1-5H3/b8-6-. The van der Waals surface area contributed by atoms with E-state index in [1.165, 1.54) is 5.20 Å². The van der Waals surface area contributed by atoms with Crippen molar-refractivity contribution in [1.29, 1.82) is 0 Å². The zero-order valence-corrected chi connectivity index (χ0v) is 10.6. The van der Waals surface area contributed by atoms with Gasteiger partial charge in [-0.2, -0.15) is 0 Å². The molecule has 0 bridgehead atoms. The molecule has 0 amide bonds. The molecule has 12 heavy (non-hydrogen) atoms. The van der Waals surface area contributed by atoms with Crippen LogP contribution < -0.4 is 0 Å². The number of rotatable bonds is 0. The molecule has 0 atom stereocenters. The van der Waals surface area contributed by atoms with Gasteiger partial charge in [0.05, 0.1) is 6.61 Å². The minimum atomic E-state index is -1.76. The first kappa shape index (κ1) is 10.2. The quantitative estimate of drug-likeness (QED) is 0.562. The lowest BCUT2D eigenvalue weighted by Crippen LogP contribution is -2.54. The van der Waals surface area contributed by atoms with E-state index in [9.17, 15) is 0 Å². The fourth-order valence-electron chi connectivity index (χ4n) is 1.57. The van der Waals surface area contributed by atoms with Gasteiger partial charge in [0.2, 0.25) is 8.32 Å². The van der Waals surface area contributed by atoms with Gasteiger partial charge in [-0.15, -0.1) is 0 Å². The summed E-state index contributed by atoms with van der Waals surface area (Å²) in [4.78, 5) is 0. The first-order valence-electron chi connectivity index (χ1n) is 4.37. The van der Waals surface area contributed by atoms with E-state index in [2.05, 4.69) is 39.2 Å². The van der Waals surface area contributed by atoms with Gasteiger partial charge in [0, 0.05) is 0 Å². The van der Waals surface area contributed by atoms with Crippen molar-refractivity contribution in [2.75, 3.05) is 6.61 Å². The summed E-state index contributed by atoms with van der Waals surface area (Å²) in [5.41, 5.74) is 0. The molecule has 0 aromatic carbocycles. The van der Waals surface area contributed by atoms with Gasteiger partial charge in [0.1, 0.15) is 0 Å². The molecule has 0 aromatic rings. The smallest absolute Gasteiger partial charge is 0.321 e. The molecule has 0 saturated carbocycles. The van der Waals surface area contributed by atoms with E-state index in [0.29, 0.717) is 0 Å². The van der Waals surface area contributed by atoms with E-state index >= 15 is 0 Å². The summed E-state index contributed by atoms with van der Waals surface area (Å²) in [6, 6.07) is 0. The molecule has 1 fully saturated rings. The van der Waals surface area contributed by atoms with Crippen molar-refractivity contribution in [2.24, 2.45) is 0 Å². The molecule has 70 valence electrons. The molecule has 0 spiro atoms. The molecule has 1 aliphatic heterocycles. The lowest BCUT2D eigenvalue weighted by Gasteiger charge is -2.40. The van der Waals surface area contributed by atoms with Crippen molar-refractivity contribution in [3.8, 4) is 0 Å². The van der Waals surface area contributed by atoms with Crippen LogP contribution >= 0.6 is 0 Å². The highest BCUT2D eigenvalue weighted by molar-refractivity contribution is 6.87. The third-order valence-corrected chi connectivity index (χ3v) is 9.02. The average molecular weight is 202 g/mol. The third-order valence-electron chi connectivity index (χ3n) is 2.20. The monoisotopic (exact) mass is 202 g/mol. The van der Waals surface area contributed by atoms with E-state index in [-0.39, 0.29) is 0 Å². The molecule has 1 aliphatic rings. The van der Waals surface area contributed by atoms with Crippen molar-refractivity contribution >= 4 is 16.9 Å². The van der Waals surface area contributed by atoms with Crippen molar-refractivity contribution in [3.05, 3.63) is 11.3 Å². The molecule has 0 radical (unpaired) electrons. The largest absolute Gasteiger partial charge is 0.432 e. The summed E-state index contributed by atoms with van der Waals surface area (Å²) in [5, 5.41) is 1.38. The van der Waals surface area contributed by atoms with Crippen LogP contribution in [0.25, 0.3) is 0 Å². The highest BCUT2D eigenvalue weighted by Gasteiger charge is 2.41. The molecular formula is C8H18O2Si2. The zero-order chi connectivity index (χ0) is 9.41. The zero-order valence-electron chi connectivity index (χ0n) is 8.60. The number of hydrogen-bond donors (Lipinski definition) is 0. The molecule has 1 saturated heterocycles. The Kier molecular flexibility index (Phi) is 2.63. The van der Waals surface area contributed by atoms with Crippen molar-refractivity contribution in [3.63, 3.8) is 0 Å². The van der Waals surface area contributed by atoms with Crippen molar-refractivity contribution in [2.45, 2.75) is 33.1 Å². The van der Waals surface area contributed by atoms with E-state index < -0.39 is 16.9 Å². The minimum absolute atomic E-state index is 0.801. The number of allylic oxidation sites excluding steroid dienone is 1. The second-order valence-corrected chi connectivity index (χ2v) is 11.7. The van der Waals surface area contributed by atoms with Crippen molar-refractivity contribution in [1.82, 2.24) is 0 Å². The molecule has 2 nitrogen and oxygen atoms in total. The molecule has 0 aromatic heterocycles. The van der Waals surface area contributed by atoms with Gasteiger partial charge in [-0.05, 0) is 38.3 Å². The molecule has 0 unspecified atom stereocenters. The van der Waals surface area contributed by atoms with Crippen LogP contribution in [-0.4, -0.2) is 23.5 Å². The van der Waals surface area contributed by atoms with Crippen LogP contribution in [0.5, 0.6) is 0 Å². The van der Waals surface area contributed by atoms with E-state index in [0.717, 1.165) is 6.61 Å². The molecule has 0 N–H and O–H groups in total. The van der Waals surface area contributed by atoms with Crippen LogP contribution in [-0.2, 0) is 8.54 Å². The summed E-state index contributed by atoms with van der Waals surface area (Å²) < 4.78 is 11.7. The molecule has 1 rings (SSSR count). The average Bonchev–Trinajstić information content (AvgIpc) is 1.83. The maximum Gasteiger partial charge on any atom is 0.321 e. The van der Waals surface area contributed by atoms with Gasteiger partial charge in [-0.1, -0.05) is 6.08 Å².